The molecule has 8 heteroatoms. The largest absolute Gasteiger partial charge is 0.493 e. The third-order valence-electron chi connectivity index (χ3n) is 5.29. The predicted octanol–water partition coefficient (Wildman–Crippen LogP) is 3.09. The van der Waals surface area contributed by atoms with Crippen LogP contribution in [0.4, 0.5) is 0 Å². The Morgan fingerprint density at radius 1 is 0.774 bits per heavy atom. The van der Waals surface area contributed by atoms with E-state index in [9.17, 15) is 4.79 Å². The molecule has 0 aliphatic carbocycles. The third kappa shape index (κ3) is 3.93. The summed E-state index contributed by atoms with van der Waals surface area (Å²) in [5.41, 5.74) is 3.31. The predicted molar refractivity (Wildman–Crippen MR) is 111 cm³/mol. The summed E-state index contributed by atoms with van der Waals surface area (Å²) < 4.78 is 37.9. The normalized spacial score (nSPS) is 14.5. The SMILES string of the molecule is COc1cc(CC2=C(Cc3cc(OC)c4c(c3)OCO4)COC2=O)cc(OC)c1OC. The standard InChI is InChI=1S/C23H24O8/c1-25-17-8-14(9-18(26-2)21(17)28-4)6-16-15(11-29-23(16)24)5-13-7-19(27-3)22-20(10-13)30-12-31-22/h7-10H,5-6,11-12H2,1-4H3. The molecule has 2 aromatic carbocycles. The van der Waals surface area contributed by atoms with E-state index in [1.165, 1.54) is 0 Å². The van der Waals surface area contributed by atoms with Gasteiger partial charge in [-0.25, -0.2) is 4.79 Å². The number of ether oxygens (including phenoxy) is 7. The minimum atomic E-state index is -0.323. The van der Waals surface area contributed by atoms with Gasteiger partial charge in [-0.1, -0.05) is 0 Å². The highest BCUT2D eigenvalue weighted by Crippen LogP contribution is 2.43. The Bertz CT molecular complexity index is 1020. The van der Waals surface area contributed by atoms with Crippen molar-refractivity contribution in [3.05, 3.63) is 46.5 Å². The molecule has 0 N–H and O–H groups in total. The van der Waals surface area contributed by atoms with E-state index < -0.39 is 0 Å². The van der Waals surface area contributed by atoms with Gasteiger partial charge in [-0.3, -0.25) is 0 Å². The third-order valence-corrected chi connectivity index (χ3v) is 5.29. The average molecular weight is 428 g/mol. The molecule has 0 saturated carbocycles. The Morgan fingerprint density at radius 2 is 1.42 bits per heavy atom. The first kappa shape index (κ1) is 20.7. The van der Waals surface area contributed by atoms with Crippen molar-refractivity contribution in [1.82, 2.24) is 0 Å². The van der Waals surface area contributed by atoms with E-state index in [0.717, 1.165) is 16.7 Å². The van der Waals surface area contributed by atoms with Gasteiger partial charge < -0.3 is 33.2 Å². The van der Waals surface area contributed by atoms with Crippen molar-refractivity contribution in [1.29, 1.82) is 0 Å². The number of esters is 1. The Balaban J connectivity index is 1.65. The first-order valence-electron chi connectivity index (χ1n) is 9.71. The van der Waals surface area contributed by atoms with E-state index in [1.54, 1.807) is 28.4 Å². The lowest BCUT2D eigenvalue weighted by Gasteiger charge is -2.14. The van der Waals surface area contributed by atoms with E-state index in [4.69, 9.17) is 33.2 Å². The van der Waals surface area contributed by atoms with Crippen molar-refractivity contribution >= 4 is 5.97 Å². The number of hydrogen-bond donors (Lipinski definition) is 0. The first-order chi connectivity index (χ1) is 15.1. The van der Waals surface area contributed by atoms with Crippen LogP contribution in [-0.2, 0) is 22.4 Å². The summed E-state index contributed by atoms with van der Waals surface area (Å²) in [6.07, 6.45) is 0.908. The summed E-state index contributed by atoms with van der Waals surface area (Å²) in [5, 5.41) is 0. The fourth-order valence-electron chi connectivity index (χ4n) is 3.80. The van der Waals surface area contributed by atoms with E-state index in [-0.39, 0.29) is 19.4 Å². The molecule has 0 bridgehead atoms. The van der Waals surface area contributed by atoms with E-state index in [2.05, 4.69) is 0 Å². The quantitative estimate of drug-likeness (QED) is 0.594. The number of carbonyl (C=O) groups is 1. The zero-order chi connectivity index (χ0) is 22.0. The fraction of sp³-hybridized carbons (Fsp3) is 0.348. The van der Waals surface area contributed by atoms with Crippen LogP contribution in [0.2, 0.25) is 0 Å². The zero-order valence-corrected chi connectivity index (χ0v) is 17.9. The molecule has 2 aliphatic heterocycles. The van der Waals surface area contributed by atoms with Gasteiger partial charge in [0.05, 0.1) is 28.4 Å². The van der Waals surface area contributed by atoms with Crippen LogP contribution in [0.15, 0.2) is 35.4 Å². The molecular weight excluding hydrogens is 404 g/mol. The lowest BCUT2D eigenvalue weighted by atomic mass is 9.96. The molecule has 164 valence electrons. The smallest absolute Gasteiger partial charge is 0.334 e. The van der Waals surface area contributed by atoms with Crippen molar-refractivity contribution in [2.75, 3.05) is 41.8 Å². The minimum Gasteiger partial charge on any atom is -0.493 e. The van der Waals surface area contributed by atoms with Crippen LogP contribution < -0.4 is 28.4 Å². The number of fused-ring (bicyclic) bond motifs is 1. The molecule has 4 rings (SSSR count). The summed E-state index contributed by atoms with van der Waals surface area (Å²) >= 11 is 0. The van der Waals surface area contributed by atoms with Crippen LogP contribution in [0.3, 0.4) is 0 Å². The topological polar surface area (TPSA) is 81.7 Å². The molecule has 0 unspecified atom stereocenters. The molecule has 0 amide bonds. The van der Waals surface area contributed by atoms with Crippen molar-refractivity contribution in [2.45, 2.75) is 12.8 Å². The molecule has 0 radical (unpaired) electrons. The molecular formula is C23H24O8. The van der Waals surface area contributed by atoms with Gasteiger partial charge in [0.15, 0.2) is 23.0 Å². The second kappa shape index (κ2) is 8.67. The molecule has 0 spiro atoms. The van der Waals surface area contributed by atoms with Gasteiger partial charge in [0.2, 0.25) is 18.3 Å². The maximum absolute atomic E-state index is 12.5. The Labute approximate surface area is 180 Å². The number of rotatable bonds is 8. The van der Waals surface area contributed by atoms with Crippen LogP contribution in [-0.4, -0.2) is 47.8 Å². The lowest BCUT2D eigenvalue weighted by molar-refractivity contribution is -0.136. The van der Waals surface area contributed by atoms with Gasteiger partial charge in [0, 0.05) is 12.0 Å². The molecule has 31 heavy (non-hydrogen) atoms. The van der Waals surface area contributed by atoms with E-state index in [1.807, 2.05) is 24.3 Å². The van der Waals surface area contributed by atoms with E-state index >= 15 is 0 Å². The van der Waals surface area contributed by atoms with Crippen LogP contribution in [0.5, 0.6) is 34.5 Å². The van der Waals surface area contributed by atoms with Crippen molar-refractivity contribution in [3.63, 3.8) is 0 Å². The van der Waals surface area contributed by atoms with Gasteiger partial charge in [0.1, 0.15) is 6.61 Å². The lowest BCUT2D eigenvalue weighted by Crippen LogP contribution is -2.04. The molecule has 0 aromatic heterocycles. The van der Waals surface area contributed by atoms with Crippen molar-refractivity contribution in [3.8, 4) is 34.5 Å². The zero-order valence-electron chi connectivity index (χ0n) is 17.9. The maximum Gasteiger partial charge on any atom is 0.334 e. The van der Waals surface area contributed by atoms with Crippen LogP contribution >= 0.6 is 0 Å². The van der Waals surface area contributed by atoms with Crippen LogP contribution in [0.1, 0.15) is 11.1 Å². The number of cyclic esters (lactones) is 1. The maximum atomic E-state index is 12.5. The van der Waals surface area contributed by atoms with Gasteiger partial charge >= 0.3 is 5.97 Å². The first-order valence-corrected chi connectivity index (χ1v) is 9.71. The van der Waals surface area contributed by atoms with Crippen molar-refractivity contribution < 1.29 is 38.0 Å². The number of methoxy groups -OCH3 is 4. The highest BCUT2D eigenvalue weighted by atomic mass is 16.7. The molecule has 0 atom stereocenters. The second-order valence-electron chi connectivity index (χ2n) is 7.08. The van der Waals surface area contributed by atoms with E-state index in [0.29, 0.717) is 52.9 Å². The molecule has 0 fully saturated rings. The highest BCUT2D eigenvalue weighted by Gasteiger charge is 2.27. The molecule has 2 aromatic rings. The fourth-order valence-corrected chi connectivity index (χ4v) is 3.80. The average Bonchev–Trinajstić information content (AvgIpc) is 3.39. The minimum absolute atomic E-state index is 0.159. The molecule has 2 heterocycles. The molecule has 2 aliphatic rings. The molecule has 0 saturated heterocycles. The van der Waals surface area contributed by atoms with Gasteiger partial charge in [-0.05, 0) is 47.4 Å². The monoisotopic (exact) mass is 428 g/mol. The Hall–Kier alpha value is -3.55. The number of benzene rings is 2. The van der Waals surface area contributed by atoms with Gasteiger partial charge in [-0.15, -0.1) is 0 Å². The Kier molecular flexibility index (Phi) is 5.79. The summed E-state index contributed by atoms with van der Waals surface area (Å²) in [6, 6.07) is 7.46. The van der Waals surface area contributed by atoms with Gasteiger partial charge in [0.25, 0.3) is 0 Å². The summed E-state index contributed by atoms with van der Waals surface area (Å²) in [6.45, 7) is 0.404. The Morgan fingerprint density at radius 3 is 2.06 bits per heavy atom. The number of carbonyl (C=O) groups excluding carboxylic acids is 1. The van der Waals surface area contributed by atoms with Gasteiger partial charge in [-0.2, -0.15) is 0 Å². The van der Waals surface area contributed by atoms with Crippen LogP contribution in [0.25, 0.3) is 0 Å². The molecule has 8 nitrogen and oxygen atoms in total. The van der Waals surface area contributed by atoms with Crippen molar-refractivity contribution in [2.24, 2.45) is 0 Å². The number of hydrogen-bond acceptors (Lipinski definition) is 8. The van der Waals surface area contributed by atoms with Crippen LogP contribution in [0, 0.1) is 0 Å². The highest BCUT2D eigenvalue weighted by molar-refractivity contribution is 5.92. The summed E-state index contributed by atoms with van der Waals surface area (Å²) in [7, 11) is 6.25. The second-order valence-corrected chi connectivity index (χ2v) is 7.08. The summed E-state index contributed by atoms with van der Waals surface area (Å²) in [5.74, 6) is 3.07. The summed E-state index contributed by atoms with van der Waals surface area (Å²) in [4.78, 5) is 12.5.